The molecule has 2 rings (SSSR count). The highest BCUT2D eigenvalue weighted by Gasteiger charge is 2.21. The van der Waals surface area contributed by atoms with Crippen molar-refractivity contribution < 1.29 is 12.9 Å². The SMILES string of the molecule is Cc1noc(C)c1CNS(=O)(=O)c1cn(C)nc1N. The van der Waals surface area contributed by atoms with Crippen LogP contribution in [0.15, 0.2) is 15.6 Å². The number of sulfonamides is 1. The molecule has 3 N–H and O–H groups in total. The standard InChI is InChI=1S/C10H15N5O3S/c1-6-8(7(2)18-14-6)4-12-19(16,17)9-5-15(3)13-10(9)11/h5,12H,4H2,1-3H3,(H2,11,13). The van der Waals surface area contributed by atoms with Gasteiger partial charge in [0.1, 0.15) is 10.7 Å². The first-order valence-corrected chi connectivity index (χ1v) is 7.00. The van der Waals surface area contributed by atoms with Crippen molar-refractivity contribution in [1.82, 2.24) is 19.7 Å². The van der Waals surface area contributed by atoms with Crippen LogP contribution in [0.25, 0.3) is 0 Å². The maximum Gasteiger partial charge on any atom is 0.246 e. The highest BCUT2D eigenvalue weighted by molar-refractivity contribution is 7.89. The maximum absolute atomic E-state index is 12.1. The number of nitrogens with one attached hydrogen (secondary N) is 1. The first-order valence-electron chi connectivity index (χ1n) is 5.52. The van der Waals surface area contributed by atoms with E-state index < -0.39 is 10.0 Å². The van der Waals surface area contributed by atoms with E-state index in [1.165, 1.54) is 10.9 Å². The first-order chi connectivity index (χ1) is 8.81. The second kappa shape index (κ2) is 4.67. The van der Waals surface area contributed by atoms with Crippen LogP contribution in [-0.4, -0.2) is 23.4 Å². The van der Waals surface area contributed by atoms with Gasteiger partial charge in [-0.2, -0.15) is 5.10 Å². The van der Waals surface area contributed by atoms with Crippen LogP contribution >= 0.6 is 0 Å². The van der Waals surface area contributed by atoms with Crippen molar-refractivity contribution >= 4 is 15.8 Å². The Morgan fingerprint density at radius 3 is 2.63 bits per heavy atom. The summed E-state index contributed by atoms with van der Waals surface area (Å²) >= 11 is 0. The molecule has 0 aliphatic rings. The summed E-state index contributed by atoms with van der Waals surface area (Å²) in [5.41, 5.74) is 6.92. The topological polar surface area (TPSA) is 116 Å². The predicted octanol–water partition coefficient (Wildman–Crippen LogP) is 0.0856. The van der Waals surface area contributed by atoms with E-state index in [4.69, 9.17) is 10.3 Å². The monoisotopic (exact) mass is 285 g/mol. The van der Waals surface area contributed by atoms with Crippen LogP contribution in [-0.2, 0) is 23.6 Å². The third kappa shape index (κ3) is 2.61. The Kier molecular flexibility index (Phi) is 3.33. The zero-order valence-electron chi connectivity index (χ0n) is 10.8. The van der Waals surface area contributed by atoms with Crippen molar-refractivity contribution in [1.29, 1.82) is 0 Å². The van der Waals surface area contributed by atoms with Gasteiger partial charge in [-0.25, -0.2) is 13.1 Å². The van der Waals surface area contributed by atoms with Crippen molar-refractivity contribution in [3.63, 3.8) is 0 Å². The number of nitrogens with zero attached hydrogens (tertiary/aromatic N) is 3. The van der Waals surface area contributed by atoms with Crippen LogP contribution in [0, 0.1) is 13.8 Å². The van der Waals surface area contributed by atoms with Gasteiger partial charge in [-0.1, -0.05) is 5.16 Å². The van der Waals surface area contributed by atoms with E-state index in [0.717, 1.165) is 0 Å². The lowest BCUT2D eigenvalue weighted by Crippen LogP contribution is -2.24. The normalized spacial score (nSPS) is 11.9. The van der Waals surface area contributed by atoms with Crippen LogP contribution in [0.1, 0.15) is 17.0 Å². The summed E-state index contributed by atoms with van der Waals surface area (Å²) in [5.74, 6) is 0.549. The molecule has 0 aromatic carbocycles. The molecule has 2 heterocycles. The van der Waals surface area contributed by atoms with Crippen molar-refractivity contribution in [3.8, 4) is 0 Å². The fraction of sp³-hybridized carbons (Fsp3) is 0.400. The summed E-state index contributed by atoms with van der Waals surface area (Å²) in [7, 11) is -2.11. The Morgan fingerprint density at radius 2 is 2.16 bits per heavy atom. The number of nitrogens with two attached hydrogens (primary N) is 1. The lowest BCUT2D eigenvalue weighted by molar-refractivity contribution is 0.392. The van der Waals surface area contributed by atoms with Crippen LogP contribution in [0.3, 0.4) is 0 Å². The van der Waals surface area contributed by atoms with E-state index in [-0.39, 0.29) is 17.3 Å². The smallest absolute Gasteiger partial charge is 0.246 e. The molecule has 2 aromatic rings. The van der Waals surface area contributed by atoms with Gasteiger partial charge in [0.15, 0.2) is 5.82 Å². The Balaban J connectivity index is 2.21. The van der Waals surface area contributed by atoms with Crippen LogP contribution in [0.4, 0.5) is 5.82 Å². The van der Waals surface area contributed by atoms with Gasteiger partial charge < -0.3 is 10.3 Å². The molecule has 0 atom stereocenters. The van der Waals surface area contributed by atoms with Crippen molar-refractivity contribution in [2.75, 3.05) is 5.73 Å². The number of hydrogen-bond acceptors (Lipinski definition) is 6. The highest BCUT2D eigenvalue weighted by atomic mass is 32.2. The fourth-order valence-electron chi connectivity index (χ4n) is 1.69. The third-order valence-corrected chi connectivity index (χ3v) is 4.15. The molecule has 0 amide bonds. The summed E-state index contributed by atoms with van der Waals surface area (Å²) in [6.07, 6.45) is 1.35. The first kappa shape index (κ1) is 13.6. The third-order valence-electron chi connectivity index (χ3n) is 2.73. The zero-order valence-corrected chi connectivity index (χ0v) is 11.7. The van der Waals surface area contributed by atoms with Gasteiger partial charge >= 0.3 is 0 Å². The predicted molar refractivity (Wildman–Crippen MR) is 67.6 cm³/mol. The molecule has 0 spiro atoms. The summed E-state index contributed by atoms with van der Waals surface area (Å²) < 4.78 is 32.9. The summed E-state index contributed by atoms with van der Waals surface area (Å²) in [6.45, 7) is 3.57. The molecule has 8 nitrogen and oxygen atoms in total. The number of anilines is 1. The minimum Gasteiger partial charge on any atom is -0.381 e. The molecule has 0 unspecified atom stereocenters. The molecule has 0 aliphatic carbocycles. The number of nitrogen functional groups attached to an aromatic ring is 1. The van der Waals surface area contributed by atoms with Crippen LogP contribution in [0.5, 0.6) is 0 Å². The van der Waals surface area contributed by atoms with Gasteiger partial charge in [-0.3, -0.25) is 4.68 Å². The maximum atomic E-state index is 12.1. The van der Waals surface area contributed by atoms with Crippen LogP contribution in [0.2, 0.25) is 0 Å². The number of hydrogen-bond donors (Lipinski definition) is 2. The van der Waals surface area contributed by atoms with Crippen molar-refractivity contribution in [3.05, 3.63) is 23.2 Å². The number of rotatable bonds is 4. The Bertz CT molecular complexity index is 681. The average molecular weight is 285 g/mol. The van der Waals surface area contributed by atoms with E-state index in [0.29, 0.717) is 17.0 Å². The van der Waals surface area contributed by atoms with E-state index in [1.807, 2.05) is 0 Å². The largest absolute Gasteiger partial charge is 0.381 e. The second-order valence-electron chi connectivity index (χ2n) is 4.18. The summed E-state index contributed by atoms with van der Waals surface area (Å²) in [4.78, 5) is -0.0400. The number of aromatic nitrogens is 3. The minimum atomic E-state index is -3.71. The minimum absolute atomic E-state index is 0.0336. The van der Waals surface area contributed by atoms with E-state index in [1.54, 1.807) is 20.9 Å². The molecule has 2 aromatic heterocycles. The van der Waals surface area contributed by atoms with Gasteiger partial charge in [0.2, 0.25) is 10.0 Å². The molecule has 0 saturated heterocycles. The summed E-state index contributed by atoms with van der Waals surface area (Å²) in [5, 5.41) is 7.56. The van der Waals surface area contributed by atoms with Gasteiger partial charge in [0, 0.05) is 25.4 Å². The summed E-state index contributed by atoms with van der Waals surface area (Å²) in [6, 6.07) is 0. The van der Waals surface area contributed by atoms with Gasteiger partial charge in [0.05, 0.1) is 5.69 Å². The molecular formula is C10H15N5O3S. The Morgan fingerprint density at radius 1 is 1.47 bits per heavy atom. The molecular weight excluding hydrogens is 270 g/mol. The van der Waals surface area contributed by atoms with Crippen molar-refractivity contribution in [2.24, 2.45) is 7.05 Å². The van der Waals surface area contributed by atoms with E-state index in [2.05, 4.69) is 15.0 Å². The van der Waals surface area contributed by atoms with E-state index in [9.17, 15) is 8.42 Å². The Hall–Kier alpha value is -1.87. The molecule has 19 heavy (non-hydrogen) atoms. The van der Waals surface area contributed by atoms with Gasteiger partial charge in [-0.05, 0) is 13.8 Å². The molecule has 104 valence electrons. The molecule has 0 bridgehead atoms. The number of aryl methyl sites for hydroxylation is 3. The van der Waals surface area contributed by atoms with Gasteiger partial charge in [0.25, 0.3) is 0 Å². The molecule has 0 radical (unpaired) electrons. The Labute approximate surface area is 110 Å². The molecule has 0 fully saturated rings. The molecule has 9 heteroatoms. The molecule has 0 saturated carbocycles. The van der Waals surface area contributed by atoms with Crippen LogP contribution < -0.4 is 10.5 Å². The lowest BCUT2D eigenvalue weighted by atomic mass is 10.2. The highest BCUT2D eigenvalue weighted by Crippen LogP contribution is 2.17. The second-order valence-corrected chi connectivity index (χ2v) is 5.91. The van der Waals surface area contributed by atoms with Crippen molar-refractivity contribution in [2.45, 2.75) is 25.3 Å². The average Bonchev–Trinajstić information content (AvgIpc) is 2.81. The fourth-order valence-corrected chi connectivity index (χ4v) is 2.79. The lowest BCUT2D eigenvalue weighted by Gasteiger charge is -2.04. The van der Waals surface area contributed by atoms with E-state index >= 15 is 0 Å². The quantitative estimate of drug-likeness (QED) is 0.822. The molecule has 0 aliphatic heterocycles. The zero-order chi connectivity index (χ0) is 14.2. The van der Waals surface area contributed by atoms with Gasteiger partial charge in [-0.15, -0.1) is 0 Å².